The lowest BCUT2D eigenvalue weighted by molar-refractivity contribution is 0.0999. The van der Waals surface area contributed by atoms with Gasteiger partial charge in [-0.3, -0.25) is 4.79 Å². The maximum absolute atomic E-state index is 13.8. The molecule has 0 heterocycles. The Bertz CT molecular complexity index is 708. The fourth-order valence-electron chi connectivity index (χ4n) is 1.64. The first-order chi connectivity index (χ1) is 9.88. The molecule has 0 atom stereocenters. The molecule has 0 aliphatic heterocycles. The second-order valence-corrected chi connectivity index (χ2v) is 5.08. The third-order valence-electron chi connectivity index (χ3n) is 2.77. The predicted molar refractivity (Wildman–Crippen MR) is 80.1 cm³/mol. The van der Waals surface area contributed by atoms with Crippen LogP contribution in [0.5, 0.6) is 5.75 Å². The third-order valence-corrected chi connectivity index (χ3v) is 3.50. The molecule has 7 heteroatoms. The summed E-state index contributed by atoms with van der Waals surface area (Å²) in [4.78, 5) is 10.9. The van der Waals surface area contributed by atoms with E-state index in [1.54, 1.807) is 0 Å². The minimum absolute atomic E-state index is 0.0764. The van der Waals surface area contributed by atoms with Crippen LogP contribution in [0.3, 0.4) is 0 Å². The minimum Gasteiger partial charge on any atom is -0.487 e. The Labute approximate surface area is 130 Å². The van der Waals surface area contributed by atoms with Gasteiger partial charge in [-0.15, -0.1) is 0 Å². The number of benzene rings is 2. The maximum Gasteiger partial charge on any atom is 0.248 e. The number of ether oxygens (including phenoxy) is 1. The molecule has 0 unspecified atom stereocenters. The summed E-state index contributed by atoms with van der Waals surface area (Å²) in [6, 6.07) is 6.80. The van der Waals surface area contributed by atoms with Gasteiger partial charge in [0.15, 0.2) is 0 Å². The van der Waals surface area contributed by atoms with Gasteiger partial charge in [-0.25, -0.2) is 4.39 Å². The number of amides is 1. The zero-order valence-corrected chi connectivity index (χ0v) is 12.2. The zero-order valence-electron chi connectivity index (χ0n) is 10.7. The van der Waals surface area contributed by atoms with Gasteiger partial charge in [-0.05, 0) is 18.2 Å². The molecule has 0 saturated heterocycles. The highest BCUT2D eigenvalue weighted by Gasteiger charge is 2.10. The van der Waals surface area contributed by atoms with Gasteiger partial charge in [-0.2, -0.15) is 0 Å². The highest BCUT2D eigenvalue weighted by Crippen LogP contribution is 2.32. The van der Waals surface area contributed by atoms with Gasteiger partial charge in [0.2, 0.25) is 5.91 Å². The first-order valence-corrected chi connectivity index (χ1v) is 6.59. The second-order valence-electron chi connectivity index (χ2n) is 4.26. The van der Waals surface area contributed by atoms with Crippen LogP contribution < -0.4 is 16.2 Å². The van der Waals surface area contributed by atoms with Gasteiger partial charge >= 0.3 is 0 Å². The Kier molecular flexibility index (Phi) is 4.55. The summed E-state index contributed by atoms with van der Waals surface area (Å²) >= 11 is 11.7. The molecule has 2 aromatic carbocycles. The van der Waals surface area contributed by atoms with Crippen LogP contribution in [0.2, 0.25) is 10.0 Å². The molecule has 2 rings (SSSR count). The molecule has 0 aliphatic carbocycles. The topological polar surface area (TPSA) is 78.3 Å². The molecule has 0 fully saturated rings. The van der Waals surface area contributed by atoms with E-state index < -0.39 is 11.7 Å². The Morgan fingerprint density at radius 3 is 2.48 bits per heavy atom. The summed E-state index contributed by atoms with van der Waals surface area (Å²) in [5, 5.41) is 0.587. The molecule has 4 N–H and O–H groups in total. The number of hydrogen-bond donors (Lipinski definition) is 2. The van der Waals surface area contributed by atoms with E-state index >= 15 is 0 Å². The smallest absolute Gasteiger partial charge is 0.248 e. The van der Waals surface area contributed by atoms with Gasteiger partial charge in [0, 0.05) is 17.2 Å². The van der Waals surface area contributed by atoms with Crippen molar-refractivity contribution in [2.24, 2.45) is 5.73 Å². The van der Waals surface area contributed by atoms with Crippen molar-refractivity contribution in [2.75, 3.05) is 5.73 Å². The Morgan fingerprint density at radius 1 is 1.19 bits per heavy atom. The summed E-state index contributed by atoms with van der Waals surface area (Å²) in [7, 11) is 0. The lowest BCUT2D eigenvalue weighted by Crippen LogP contribution is -2.12. The summed E-state index contributed by atoms with van der Waals surface area (Å²) in [5.74, 6) is -0.997. The van der Waals surface area contributed by atoms with E-state index in [0.717, 1.165) is 6.07 Å². The van der Waals surface area contributed by atoms with E-state index in [4.69, 9.17) is 39.4 Å². The van der Waals surface area contributed by atoms with Crippen molar-refractivity contribution in [3.8, 4) is 5.75 Å². The van der Waals surface area contributed by atoms with E-state index in [-0.39, 0.29) is 22.8 Å². The van der Waals surface area contributed by atoms with Crippen LogP contribution in [0.1, 0.15) is 15.9 Å². The Morgan fingerprint density at radius 2 is 1.86 bits per heavy atom. The maximum atomic E-state index is 13.8. The molecule has 0 radical (unpaired) electrons. The van der Waals surface area contributed by atoms with Gasteiger partial charge in [-0.1, -0.05) is 29.3 Å². The van der Waals surface area contributed by atoms with E-state index in [1.165, 1.54) is 24.3 Å². The number of rotatable bonds is 4. The van der Waals surface area contributed by atoms with Gasteiger partial charge in [0.1, 0.15) is 18.2 Å². The standard InChI is InChI=1S/C14H11Cl2FN2O2/c15-9-4-12(18)13(5-10(9)16)21-6-8-2-1-7(14(19)20)3-11(8)17/h1-5H,6,18H2,(H2,19,20). The van der Waals surface area contributed by atoms with Gasteiger partial charge in [0.25, 0.3) is 0 Å². The average Bonchev–Trinajstić information content (AvgIpc) is 2.42. The first-order valence-electron chi connectivity index (χ1n) is 5.84. The van der Waals surface area contributed by atoms with E-state index in [2.05, 4.69) is 0 Å². The number of halogens is 3. The van der Waals surface area contributed by atoms with Crippen LogP contribution in [0.15, 0.2) is 30.3 Å². The van der Waals surface area contributed by atoms with Crippen LogP contribution in [-0.4, -0.2) is 5.91 Å². The van der Waals surface area contributed by atoms with Crippen molar-refractivity contribution in [1.29, 1.82) is 0 Å². The molecule has 0 aromatic heterocycles. The summed E-state index contributed by atoms with van der Waals surface area (Å²) < 4.78 is 19.2. The number of carbonyl (C=O) groups is 1. The second kappa shape index (κ2) is 6.20. The lowest BCUT2D eigenvalue weighted by Gasteiger charge is -2.11. The fourth-order valence-corrected chi connectivity index (χ4v) is 1.97. The van der Waals surface area contributed by atoms with Crippen molar-refractivity contribution >= 4 is 34.8 Å². The molecule has 4 nitrogen and oxygen atoms in total. The van der Waals surface area contributed by atoms with Crippen LogP contribution in [-0.2, 0) is 6.61 Å². The molecule has 110 valence electrons. The van der Waals surface area contributed by atoms with Crippen molar-refractivity contribution in [1.82, 2.24) is 0 Å². The van der Waals surface area contributed by atoms with Gasteiger partial charge in [0.05, 0.1) is 15.7 Å². The molecule has 0 saturated carbocycles. The molecule has 0 spiro atoms. The molecule has 21 heavy (non-hydrogen) atoms. The van der Waals surface area contributed by atoms with Gasteiger partial charge < -0.3 is 16.2 Å². The lowest BCUT2D eigenvalue weighted by atomic mass is 10.1. The van der Waals surface area contributed by atoms with Crippen molar-refractivity contribution in [3.63, 3.8) is 0 Å². The zero-order chi connectivity index (χ0) is 15.6. The SMILES string of the molecule is NC(=O)c1ccc(COc2cc(Cl)c(Cl)cc2N)c(F)c1. The average molecular weight is 329 g/mol. The number of nitrogens with two attached hydrogens (primary N) is 2. The van der Waals surface area contributed by atoms with Crippen LogP contribution in [0.25, 0.3) is 0 Å². The third kappa shape index (κ3) is 3.56. The van der Waals surface area contributed by atoms with Crippen molar-refractivity contribution in [3.05, 3.63) is 57.3 Å². The summed E-state index contributed by atoms with van der Waals surface area (Å²) in [6.45, 7) is -0.0764. The number of anilines is 1. The Hall–Kier alpha value is -1.98. The monoisotopic (exact) mass is 328 g/mol. The largest absolute Gasteiger partial charge is 0.487 e. The molecular weight excluding hydrogens is 318 g/mol. The molecule has 1 amide bonds. The van der Waals surface area contributed by atoms with E-state index in [1.807, 2.05) is 0 Å². The number of hydrogen-bond acceptors (Lipinski definition) is 3. The Balaban J connectivity index is 2.17. The molecular formula is C14H11Cl2FN2O2. The fraction of sp³-hybridized carbons (Fsp3) is 0.0714. The van der Waals surface area contributed by atoms with E-state index in [9.17, 15) is 9.18 Å². The predicted octanol–water partition coefficient (Wildman–Crippen LogP) is 3.39. The highest BCUT2D eigenvalue weighted by atomic mass is 35.5. The molecule has 0 bridgehead atoms. The first kappa shape index (κ1) is 15.4. The quantitative estimate of drug-likeness (QED) is 0.844. The number of nitrogen functional groups attached to an aromatic ring is 1. The summed E-state index contributed by atoms with van der Waals surface area (Å²) in [5.41, 5.74) is 11.4. The summed E-state index contributed by atoms with van der Waals surface area (Å²) in [6.07, 6.45) is 0. The highest BCUT2D eigenvalue weighted by molar-refractivity contribution is 6.42. The van der Waals surface area contributed by atoms with Crippen molar-refractivity contribution < 1.29 is 13.9 Å². The van der Waals surface area contributed by atoms with Crippen LogP contribution >= 0.6 is 23.2 Å². The van der Waals surface area contributed by atoms with Crippen LogP contribution in [0.4, 0.5) is 10.1 Å². The van der Waals surface area contributed by atoms with Crippen LogP contribution in [0, 0.1) is 5.82 Å². The minimum atomic E-state index is -0.699. The number of carbonyl (C=O) groups excluding carboxylic acids is 1. The van der Waals surface area contributed by atoms with Crippen molar-refractivity contribution in [2.45, 2.75) is 6.61 Å². The van der Waals surface area contributed by atoms with E-state index in [0.29, 0.717) is 16.5 Å². The molecule has 0 aliphatic rings. The normalized spacial score (nSPS) is 10.4. The molecule has 2 aromatic rings. The number of primary amides is 1.